The van der Waals surface area contributed by atoms with Gasteiger partial charge in [-0.05, 0) is 28.4 Å². The summed E-state index contributed by atoms with van der Waals surface area (Å²) in [4.78, 5) is 33.6. The number of halogens is 2. The van der Waals surface area contributed by atoms with E-state index in [1.807, 2.05) is 5.38 Å². The van der Waals surface area contributed by atoms with Crippen LogP contribution in [0.4, 0.5) is 5.69 Å². The van der Waals surface area contributed by atoms with Gasteiger partial charge >= 0.3 is 11.8 Å². The molecule has 2 aromatic rings. The molecule has 1 aliphatic rings. The van der Waals surface area contributed by atoms with Gasteiger partial charge in [-0.3, -0.25) is 9.59 Å². The van der Waals surface area contributed by atoms with Crippen LogP contribution in [0.1, 0.15) is 5.56 Å². The highest BCUT2D eigenvalue weighted by molar-refractivity contribution is 9.10. The zero-order chi connectivity index (χ0) is 17.3. The lowest BCUT2D eigenvalue weighted by molar-refractivity contribution is -0.149. The molecule has 1 aliphatic heterocycles. The van der Waals surface area contributed by atoms with E-state index in [9.17, 15) is 9.59 Å². The molecule has 0 bridgehead atoms. The monoisotopic (exact) mass is 430 g/mol. The molecule has 24 heavy (non-hydrogen) atoms. The fourth-order valence-corrected chi connectivity index (χ4v) is 3.14. The molecule has 0 spiro atoms. The molecule has 3 heterocycles. The Balaban J connectivity index is 1.55. The van der Waals surface area contributed by atoms with Gasteiger partial charge in [0.1, 0.15) is 11.3 Å². The van der Waals surface area contributed by atoms with Crippen molar-refractivity contribution in [3.05, 3.63) is 33.0 Å². The Hall–Kier alpha value is -1.71. The molecular weight excluding hydrogens is 420 g/mol. The summed E-state index contributed by atoms with van der Waals surface area (Å²) < 4.78 is 6.15. The van der Waals surface area contributed by atoms with Crippen LogP contribution in [0.25, 0.3) is 0 Å². The third-order valence-electron chi connectivity index (χ3n) is 3.48. The summed E-state index contributed by atoms with van der Waals surface area (Å²) in [6.45, 7) is 2.47. The lowest BCUT2D eigenvalue weighted by Gasteiger charge is -2.37. The number of amides is 2. The van der Waals surface area contributed by atoms with Gasteiger partial charge in [-0.1, -0.05) is 22.9 Å². The van der Waals surface area contributed by atoms with Gasteiger partial charge in [0.15, 0.2) is 0 Å². The smallest absolute Gasteiger partial charge is 0.313 e. The van der Waals surface area contributed by atoms with E-state index in [0.717, 1.165) is 0 Å². The first-order valence-corrected chi connectivity index (χ1v) is 8.97. The molecule has 3 rings (SSSR count). The number of ether oxygens (including phenoxy) is 1. The zero-order valence-electron chi connectivity index (χ0n) is 12.5. The third kappa shape index (κ3) is 3.52. The maximum atomic E-state index is 12.1. The van der Waals surface area contributed by atoms with Crippen molar-refractivity contribution in [3.63, 3.8) is 0 Å². The van der Waals surface area contributed by atoms with Crippen molar-refractivity contribution < 1.29 is 14.3 Å². The molecule has 0 radical (unpaired) electrons. The highest BCUT2D eigenvalue weighted by Gasteiger charge is 2.36. The first-order valence-electron chi connectivity index (χ1n) is 6.92. The Morgan fingerprint density at radius 1 is 1.46 bits per heavy atom. The van der Waals surface area contributed by atoms with E-state index in [1.54, 1.807) is 13.1 Å². The summed E-state index contributed by atoms with van der Waals surface area (Å²) in [6.07, 6.45) is 2.93. The Morgan fingerprint density at radius 3 is 2.88 bits per heavy atom. The number of thiazole rings is 1. The molecule has 0 atom stereocenters. The summed E-state index contributed by atoms with van der Waals surface area (Å²) >= 11 is 10.5. The van der Waals surface area contributed by atoms with Crippen LogP contribution >= 0.6 is 38.9 Å². The van der Waals surface area contributed by atoms with Crippen molar-refractivity contribution in [2.75, 3.05) is 18.4 Å². The average Bonchev–Trinajstić information content (AvgIpc) is 3.03. The van der Waals surface area contributed by atoms with E-state index in [4.69, 9.17) is 16.3 Å². The lowest BCUT2D eigenvalue weighted by atomic mass is 10.1. The molecule has 0 saturated carbocycles. The van der Waals surface area contributed by atoms with Crippen LogP contribution < -0.4 is 10.1 Å². The van der Waals surface area contributed by atoms with Crippen molar-refractivity contribution in [2.24, 2.45) is 0 Å². The number of anilines is 1. The Bertz CT molecular complexity index is 781. The summed E-state index contributed by atoms with van der Waals surface area (Å²) in [5, 5.41) is 5.22. The number of hydrogen-bond acceptors (Lipinski definition) is 6. The van der Waals surface area contributed by atoms with Gasteiger partial charge < -0.3 is 15.0 Å². The lowest BCUT2D eigenvalue weighted by Crippen LogP contribution is -2.58. The van der Waals surface area contributed by atoms with Gasteiger partial charge in [-0.25, -0.2) is 9.97 Å². The van der Waals surface area contributed by atoms with Crippen LogP contribution in [0, 0.1) is 6.92 Å². The minimum Gasteiger partial charge on any atom is -0.463 e. The van der Waals surface area contributed by atoms with E-state index in [0.29, 0.717) is 39.2 Å². The molecule has 0 aliphatic carbocycles. The molecule has 0 aromatic carbocycles. The Kier molecular flexibility index (Phi) is 5.02. The predicted molar refractivity (Wildman–Crippen MR) is 93.4 cm³/mol. The van der Waals surface area contributed by atoms with E-state index in [2.05, 4.69) is 31.2 Å². The number of carbonyl (C=O) groups is 2. The molecule has 7 nitrogen and oxygen atoms in total. The minimum atomic E-state index is -0.721. The quantitative estimate of drug-likeness (QED) is 0.596. The van der Waals surface area contributed by atoms with Gasteiger partial charge in [0.25, 0.3) is 5.19 Å². The summed E-state index contributed by atoms with van der Waals surface area (Å²) in [5.74, 6) is -1.33. The van der Waals surface area contributed by atoms with Crippen LogP contribution in [0.3, 0.4) is 0 Å². The SMILES string of the molecule is Cc1c(NC(=O)C(=O)N2CC(Oc3nccs3)C2)cnc(Cl)c1Br. The highest BCUT2D eigenvalue weighted by atomic mass is 79.9. The van der Waals surface area contributed by atoms with Crippen LogP contribution in [0.2, 0.25) is 5.15 Å². The van der Waals surface area contributed by atoms with Gasteiger partial charge in [0.05, 0.1) is 29.4 Å². The number of aromatic nitrogens is 2. The number of hydrogen-bond donors (Lipinski definition) is 1. The number of rotatable bonds is 3. The van der Waals surface area contributed by atoms with E-state index in [-0.39, 0.29) is 6.10 Å². The van der Waals surface area contributed by atoms with Crippen molar-refractivity contribution in [1.82, 2.24) is 14.9 Å². The first-order chi connectivity index (χ1) is 11.5. The Labute approximate surface area is 155 Å². The molecule has 1 N–H and O–H groups in total. The molecule has 10 heteroatoms. The number of likely N-dealkylation sites (tertiary alicyclic amines) is 1. The topological polar surface area (TPSA) is 84.4 Å². The number of carbonyl (C=O) groups excluding carboxylic acids is 2. The zero-order valence-corrected chi connectivity index (χ0v) is 15.6. The molecule has 1 saturated heterocycles. The molecule has 1 fully saturated rings. The van der Waals surface area contributed by atoms with Gasteiger partial charge in [-0.15, -0.1) is 0 Å². The van der Waals surface area contributed by atoms with Crippen LogP contribution in [0.15, 0.2) is 22.2 Å². The van der Waals surface area contributed by atoms with Crippen LogP contribution in [0.5, 0.6) is 5.19 Å². The van der Waals surface area contributed by atoms with Crippen molar-refractivity contribution >= 4 is 56.4 Å². The van der Waals surface area contributed by atoms with Gasteiger partial charge in [-0.2, -0.15) is 0 Å². The fraction of sp³-hybridized carbons (Fsp3) is 0.286. The fourth-order valence-electron chi connectivity index (χ4n) is 2.08. The second kappa shape index (κ2) is 7.04. The van der Waals surface area contributed by atoms with Crippen molar-refractivity contribution in [2.45, 2.75) is 13.0 Å². The third-order valence-corrected chi connectivity index (χ3v) is 5.62. The minimum absolute atomic E-state index is 0.138. The van der Waals surface area contributed by atoms with Crippen molar-refractivity contribution in [1.29, 1.82) is 0 Å². The van der Waals surface area contributed by atoms with Crippen molar-refractivity contribution in [3.8, 4) is 5.19 Å². The molecule has 2 amide bonds. The summed E-state index contributed by atoms with van der Waals surface area (Å²) in [5.41, 5.74) is 1.13. The number of nitrogens with zero attached hydrogens (tertiary/aromatic N) is 3. The maximum Gasteiger partial charge on any atom is 0.313 e. The van der Waals surface area contributed by atoms with Crippen LogP contribution in [-0.4, -0.2) is 45.9 Å². The second-order valence-corrected chi connectivity index (χ2v) is 7.11. The van der Waals surface area contributed by atoms with E-state index in [1.165, 1.54) is 22.4 Å². The molecular formula is C14H12BrClN4O3S. The van der Waals surface area contributed by atoms with E-state index >= 15 is 0 Å². The molecule has 2 aromatic heterocycles. The summed E-state index contributed by atoms with van der Waals surface area (Å²) in [6, 6.07) is 0. The standard InChI is InChI=1S/C14H12BrClN4O3S/c1-7-9(4-18-11(16)10(7)15)19-12(21)13(22)20-5-8(6-20)23-14-17-2-3-24-14/h2-4,8H,5-6H2,1H3,(H,19,21). The average molecular weight is 432 g/mol. The molecule has 126 valence electrons. The maximum absolute atomic E-state index is 12.1. The Morgan fingerprint density at radius 2 is 2.21 bits per heavy atom. The predicted octanol–water partition coefficient (Wildman–Crippen LogP) is 2.49. The number of nitrogens with one attached hydrogen (secondary N) is 1. The van der Waals surface area contributed by atoms with Crippen LogP contribution in [-0.2, 0) is 9.59 Å². The first kappa shape index (κ1) is 17.1. The largest absolute Gasteiger partial charge is 0.463 e. The van der Waals surface area contributed by atoms with E-state index < -0.39 is 11.8 Å². The second-order valence-electron chi connectivity index (χ2n) is 5.10. The number of pyridine rings is 1. The summed E-state index contributed by atoms with van der Waals surface area (Å²) in [7, 11) is 0. The van der Waals surface area contributed by atoms with Gasteiger partial charge in [0, 0.05) is 11.6 Å². The molecule has 0 unspecified atom stereocenters. The normalized spacial score (nSPS) is 14.2. The highest BCUT2D eigenvalue weighted by Crippen LogP contribution is 2.29. The van der Waals surface area contributed by atoms with Gasteiger partial charge in [0.2, 0.25) is 0 Å².